The molecular formula is C18H28N4OS. The molecule has 24 heavy (non-hydrogen) atoms. The van der Waals surface area contributed by atoms with Gasteiger partial charge in [0.05, 0.1) is 5.69 Å². The van der Waals surface area contributed by atoms with Crippen LogP contribution in [0.3, 0.4) is 0 Å². The third kappa shape index (κ3) is 4.22. The summed E-state index contributed by atoms with van der Waals surface area (Å²) >= 11 is 1.92. The Kier molecular flexibility index (Phi) is 6.00. The number of aromatic nitrogens is 1. The van der Waals surface area contributed by atoms with Crippen LogP contribution in [0.1, 0.15) is 37.9 Å². The van der Waals surface area contributed by atoms with E-state index in [0.29, 0.717) is 17.3 Å². The monoisotopic (exact) mass is 348 g/mol. The van der Waals surface area contributed by atoms with Gasteiger partial charge in [-0.15, -0.1) is 0 Å². The number of rotatable bonds is 4. The van der Waals surface area contributed by atoms with Crippen molar-refractivity contribution in [3.05, 3.63) is 30.1 Å². The quantitative estimate of drug-likeness (QED) is 0.909. The summed E-state index contributed by atoms with van der Waals surface area (Å²) in [6.07, 6.45) is 7.47. The molecule has 132 valence electrons. The molecule has 0 radical (unpaired) electrons. The lowest BCUT2D eigenvalue weighted by atomic mass is 10.1. The Labute approximate surface area is 149 Å². The van der Waals surface area contributed by atoms with Crippen molar-refractivity contribution in [3.63, 3.8) is 0 Å². The van der Waals surface area contributed by atoms with Crippen LogP contribution < -0.4 is 5.32 Å². The van der Waals surface area contributed by atoms with Crippen molar-refractivity contribution in [2.75, 3.05) is 32.4 Å². The van der Waals surface area contributed by atoms with Gasteiger partial charge in [0.15, 0.2) is 0 Å². The summed E-state index contributed by atoms with van der Waals surface area (Å²) in [5, 5.41) is 3.95. The summed E-state index contributed by atoms with van der Waals surface area (Å²) in [4.78, 5) is 21.3. The number of pyridine rings is 1. The maximum absolute atomic E-state index is 12.5. The molecule has 0 spiro atoms. The maximum atomic E-state index is 12.5. The van der Waals surface area contributed by atoms with Crippen LogP contribution in [-0.2, 0) is 0 Å². The lowest BCUT2D eigenvalue weighted by Crippen LogP contribution is -2.53. The average molecular weight is 349 g/mol. The van der Waals surface area contributed by atoms with Crippen LogP contribution in [-0.4, -0.2) is 64.5 Å². The predicted octanol–water partition coefficient (Wildman–Crippen LogP) is 2.75. The molecule has 3 atom stereocenters. The highest BCUT2D eigenvalue weighted by Crippen LogP contribution is 2.28. The van der Waals surface area contributed by atoms with Gasteiger partial charge in [0.2, 0.25) is 0 Å². The van der Waals surface area contributed by atoms with Gasteiger partial charge in [0.25, 0.3) is 0 Å². The van der Waals surface area contributed by atoms with Gasteiger partial charge >= 0.3 is 6.03 Å². The summed E-state index contributed by atoms with van der Waals surface area (Å²) in [5.74, 6) is 0. The number of amides is 2. The molecule has 5 nitrogen and oxygen atoms in total. The second kappa shape index (κ2) is 8.21. The Balaban J connectivity index is 1.45. The van der Waals surface area contributed by atoms with Crippen LogP contribution in [0.15, 0.2) is 24.4 Å². The first-order valence-electron chi connectivity index (χ1n) is 8.90. The molecule has 1 saturated carbocycles. The topological polar surface area (TPSA) is 48.5 Å². The normalized spacial score (nSPS) is 26.3. The first-order chi connectivity index (χ1) is 11.7. The van der Waals surface area contributed by atoms with Crippen molar-refractivity contribution in [1.82, 2.24) is 20.1 Å². The third-order valence-corrected chi connectivity index (χ3v) is 6.41. The van der Waals surface area contributed by atoms with Crippen molar-refractivity contribution in [2.24, 2.45) is 0 Å². The van der Waals surface area contributed by atoms with Crippen molar-refractivity contribution in [2.45, 2.75) is 43.5 Å². The lowest BCUT2D eigenvalue weighted by Gasteiger charge is -2.38. The molecule has 1 aromatic rings. The highest BCUT2D eigenvalue weighted by atomic mass is 32.2. The minimum Gasteiger partial charge on any atom is -0.335 e. The average Bonchev–Trinajstić information content (AvgIpc) is 3.09. The van der Waals surface area contributed by atoms with Gasteiger partial charge in [-0.3, -0.25) is 9.88 Å². The van der Waals surface area contributed by atoms with Gasteiger partial charge in [0.1, 0.15) is 0 Å². The summed E-state index contributed by atoms with van der Waals surface area (Å²) in [7, 11) is 0. The number of nitrogens with one attached hydrogen (secondary N) is 1. The minimum absolute atomic E-state index is 0.117. The molecule has 0 bridgehead atoms. The van der Waals surface area contributed by atoms with E-state index in [9.17, 15) is 4.79 Å². The van der Waals surface area contributed by atoms with Gasteiger partial charge in [0, 0.05) is 49.7 Å². The summed E-state index contributed by atoms with van der Waals surface area (Å²) in [6, 6.07) is 6.84. The van der Waals surface area contributed by atoms with Crippen molar-refractivity contribution >= 4 is 17.8 Å². The van der Waals surface area contributed by atoms with Crippen molar-refractivity contribution < 1.29 is 4.79 Å². The number of hydrogen-bond donors (Lipinski definition) is 1. The molecule has 1 aliphatic carbocycles. The zero-order chi connectivity index (χ0) is 16.9. The Morgan fingerprint density at radius 1 is 1.29 bits per heavy atom. The number of urea groups is 1. The standard InChI is InChI=1S/C18H28N4OS/c1-14(17-5-3-4-8-19-17)21-9-11-22(12-10-21)18(23)20-15-6-7-16(13-15)24-2/h3-5,8,14-16H,6-7,9-13H2,1-2H3,(H,20,23)/t14-,15-,16-/m1/s1. The molecule has 1 saturated heterocycles. The van der Waals surface area contributed by atoms with Crippen LogP contribution in [0.4, 0.5) is 4.79 Å². The fourth-order valence-electron chi connectivity index (χ4n) is 3.67. The highest BCUT2D eigenvalue weighted by molar-refractivity contribution is 7.99. The summed E-state index contributed by atoms with van der Waals surface area (Å²) < 4.78 is 0. The van der Waals surface area contributed by atoms with E-state index in [-0.39, 0.29) is 6.03 Å². The molecule has 0 unspecified atom stereocenters. The Bertz CT molecular complexity index is 533. The first kappa shape index (κ1) is 17.5. The number of nitrogens with zero attached hydrogens (tertiary/aromatic N) is 3. The van der Waals surface area contributed by atoms with E-state index in [1.807, 2.05) is 35.0 Å². The molecule has 2 heterocycles. The van der Waals surface area contributed by atoms with Crippen LogP contribution >= 0.6 is 11.8 Å². The highest BCUT2D eigenvalue weighted by Gasteiger charge is 2.29. The minimum atomic E-state index is 0.117. The maximum Gasteiger partial charge on any atom is 0.317 e. The van der Waals surface area contributed by atoms with E-state index < -0.39 is 0 Å². The van der Waals surface area contributed by atoms with E-state index in [2.05, 4.69) is 34.4 Å². The number of thioether (sulfide) groups is 1. The van der Waals surface area contributed by atoms with E-state index in [4.69, 9.17) is 0 Å². The largest absolute Gasteiger partial charge is 0.335 e. The first-order valence-corrected chi connectivity index (χ1v) is 10.2. The molecule has 2 fully saturated rings. The SMILES string of the molecule is CS[C@@H]1CC[C@@H](NC(=O)N2CCN([C@H](C)c3ccccn3)CC2)C1. The van der Waals surface area contributed by atoms with Crippen molar-refractivity contribution in [1.29, 1.82) is 0 Å². The summed E-state index contributed by atoms with van der Waals surface area (Å²) in [6.45, 7) is 5.59. The Morgan fingerprint density at radius 3 is 2.71 bits per heavy atom. The predicted molar refractivity (Wildman–Crippen MR) is 99.3 cm³/mol. The molecular weight excluding hydrogens is 320 g/mol. The molecule has 2 aliphatic rings. The molecule has 1 N–H and O–H groups in total. The summed E-state index contributed by atoms with van der Waals surface area (Å²) in [5.41, 5.74) is 1.10. The molecule has 2 amide bonds. The van der Waals surface area contributed by atoms with E-state index in [0.717, 1.165) is 44.7 Å². The zero-order valence-electron chi connectivity index (χ0n) is 14.6. The molecule has 1 aromatic heterocycles. The number of hydrogen-bond acceptors (Lipinski definition) is 4. The lowest BCUT2D eigenvalue weighted by molar-refractivity contribution is 0.111. The van der Waals surface area contributed by atoms with Gasteiger partial charge in [-0.25, -0.2) is 4.79 Å². The van der Waals surface area contributed by atoms with Crippen LogP contribution in [0.5, 0.6) is 0 Å². The Hall–Kier alpha value is -1.27. The fourth-order valence-corrected chi connectivity index (χ4v) is 4.47. The van der Waals surface area contributed by atoms with Gasteiger partial charge in [-0.1, -0.05) is 6.07 Å². The Morgan fingerprint density at radius 2 is 2.08 bits per heavy atom. The van der Waals surface area contributed by atoms with Crippen molar-refractivity contribution in [3.8, 4) is 0 Å². The number of carbonyl (C=O) groups excluding carboxylic acids is 1. The van der Waals surface area contributed by atoms with Crippen LogP contribution in [0.25, 0.3) is 0 Å². The third-order valence-electron chi connectivity index (χ3n) is 5.31. The smallest absolute Gasteiger partial charge is 0.317 e. The van der Waals surface area contributed by atoms with E-state index in [1.165, 1.54) is 6.42 Å². The van der Waals surface area contributed by atoms with Gasteiger partial charge in [-0.05, 0) is 44.6 Å². The molecule has 3 rings (SSSR count). The number of carbonyl (C=O) groups is 1. The second-order valence-electron chi connectivity index (χ2n) is 6.77. The van der Waals surface area contributed by atoms with Gasteiger partial charge in [-0.2, -0.15) is 11.8 Å². The van der Waals surface area contributed by atoms with E-state index >= 15 is 0 Å². The second-order valence-corrected chi connectivity index (χ2v) is 7.91. The van der Waals surface area contributed by atoms with Gasteiger partial charge < -0.3 is 10.2 Å². The van der Waals surface area contributed by atoms with Crippen LogP contribution in [0, 0.1) is 0 Å². The van der Waals surface area contributed by atoms with Crippen LogP contribution in [0.2, 0.25) is 0 Å². The molecule has 0 aromatic carbocycles. The number of piperazine rings is 1. The zero-order valence-corrected chi connectivity index (χ0v) is 15.5. The fraction of sp³-hybridized carbons (Fsp3) is 0.667. The van der Waals surface area contributed by atoms with E-state index in [1.54, 1.807) is 0 Å². The molecule has 1 aliphatic heterocycles. The molecule has 6 heteroatoms.